The predicted molar refractivity (Wildman–Crippen MR) is 86.0 cm³/mol. The fourth-order valence-electron chi connectivity index (χ4n) is 2.37. The molecule has 2 rings (SSSR count). The van der Waals surface area contributed by atoms with E-state index in [1.807, 2.05) is 0 Å². The molecule has 23 heavy (non-hydrogen) atoms. The number of carbonyl (C=O) groups excluding carboxylic acids is 2. The average molecular weight is 361 g/mol. The topological polar surface area (TPSA) is 116 Å². The predicted octanol–water partition coefficient (Wildman–Crippen LogP) is 0.772. The van der Waals surface area contributed by atoms with E-state index in [0.717, 1.165) is 0 Å². The highest BCUT2D eigenvalue weighted by Crippen LogP contribution is 2.23. The van der Waals surface area contributed by atoms with E-state index >= 15 is 0 Å². The first-order valence-corrected chi connectivity index (χ1v) is 9.04. The van der Waals surface area contributed by atoms with Crippen LogP contribution in [0.3, 0.4) is 0 Å². The van der Waals surface area contributed by atoms with Gasteiger partial charge in [-0.05, 0) is 31.5 Å². The van der Waals surface area contributed by atoms with E-state index in [9.17, 15) is 18.0 Å². The van der Waals surface area contributed by atoms with E-state index < -0.39 is 33.9 Å². The Kier molecular flexibility index (Phi) is 4.86. The van der Waals surface area contributed by atoms with Crippen molar-refractivity contribution in [1.29, 1.82) is 0 Å². The first-order chi connectivity index (χ1) is 10.6. The number of rotatable bonds is 4. The van der Waals surface area contributed by atoms with Crippen molar-refractivity contribution in [3.63, 3.8) is 0 Å². The van der Waals surface area contributed by atoms with Crippen LogP contribution >= 0.6 is 11.6 Å². The van der Waals surface area contributed by atoms with Crippen LogP contribution in [0.5, 0.6) is 0 Å². The molecule has 1 amide bonds. The van der Waals surface area contributed by atoms with E-state index in [-0.39, 0.29) is 22.8 Å². The zero-order chi connectivity index (χ0) is 17.3. The van der Waals surface area contributed by atoms with Crippen molar-refractivity contribution in [3.05, 3.63) is 28.8 Å². The van der Waals surface area contributed by atoms with Gasteiger partial charge >= 0.3 is 5.97 Å². The molecule has 1 aliphatic heterocycles. The Bertz CT molecular complexity index is 750. The molecule has 0 spiro atoms. The maximum Gasteiger partial charge on any atom is 0.338 e. The summed E-state index contributed by atoms with van der Waals surface area (Å²) in [6.07, 6.45) is 0.336. The molecule has 126 valence electrons. The highest BCUT2D eigenvalue weighted by atomic mass is 35.5. The van der Waals surface area contributed by atoms with Crippen molar-refractivity contribution in [2.75, 3.05) is 23.8 Å². The average Bonchev–Trinajstić information content (AvgIpc) is 2.72. The monoisotopic (exact) mass is 360 g/mol. The third-order valence-electron chi connectivity index (χ3n) is 3.51. The van der Waals surface area contributed by atoms with E-state index in [2.05, 4.69) is 5.32 Å². The first-order valence-electron chi connectivity index (χ1n) is 6.84. The van der Waals surface area contributed by atoms with Crippen LogP contribution in [0.4, 0.5) is 5.69 Å². The van der Waals surface area contributed by atoms with Gasteiger partial charge in [0.25, 0.3) is 5.91 Å². The van der Waals surface area contributed by atoms with Gasteiger partial charge in [-0.3, -0.25) is 4.79 Å². The van der Waals surface area contributed by atoms with Crippen LogP contribution in [0.15, 0.2) is 18.2 Å². The number of benzene rings is 1. The Balaban J connectivity index is 1.89. The molecule has 0 radical (unpaired) electrons. The molecule has 0 unspecified atom stereocenters. The van der Waals surface area contributed by atoms with E-state index in [0.29, 0.717) is 11.4 Å². The molecule has 1 aromatic carbocycles. The van der Waals surface area contributed by atoms with Gasteiger partial charge in [-0.25, -0.2) is 13.2 Å². The molecule has 1 fully saturated rings. The van der Waals surface area contributed by atoms with Crippen LogP contribution in [0.1, 0.15) is 23.7 Å². The first kappa shape index (κ1) is 17.6. The highest BCUT2D eigenvalue weighted by Gasteiger charge is 2.39. The lowest BCUT2D eigenvalue weighted by molar-refractivity contribution is -0.125. The Hall–Kier alpha value is -1.80. The quantitative estimate of drug-likeness (QED) is 0.605. The molecule has 3 N–H and O–H groups in total. The third-order valence-corrected chi connectivity index (χ3v) is 5.76. The summed E-state index contributed by atoms with van der Waals surface area (Å²) < 4.78 is 27.9. The van der Waals surface area contributed by atoms with Crippen molar-refractivity contribution < 1.29 is 22.7 Å². The molecule has 1 heterocycles. The molecule has 1 aromatic rings. The second-order valence-electron chi connectivity index (χ2n) is 5.76. The fourth-order valence-corrected chi connectivity index (χ4v) is 4.58. The van der Waals surface area contributed by atoms with Crippen LogP contribution < -0.4 is 11.1 Å². The lowest BCUT2D eigenvalue weighted by Crippen LogP contribution is -2.48. The van der Waals surface area contributed by atoms with Crippen molar-refractivity contribution in [3.8, 4) is 0 Å². The number of esters is 1. The minimum Gasteiger partial charge on any atom is -0.452 e. The largest absolute Gasteiger partial charge is 0.452 e. The molecule has 7 nitrogen and oxygen atoms in total. The summed E-state index contributed by atoms with van der Waals surface area (Å²) in [6.45, 7) is 1.15. The van der Waals surface area contributed by atoms with E-state index in [4.69, 9.17) is 22.1 Å². The van der Waals surface area contributed by atoms with Gasteiger partial charge in [0.1, 0.15) is 0 Å². The summed E-state index contributed by atoms with van der Waals surface area (Å²) in [5.74, 6) is -1.35. The summed E-state index contributed by atoms with van der Waals surface area (Å²) in [5.41, 5.74) is 5.17. The lowest BCUT2D eigenvalue weighted by atomic mass is 10.0. The summed E-state index contributed by atoms with van der Waals surface area (Å²) in [5, 5.41) is 2.91. The molecule has 0 aromatic heterocycles. The second kappa shape index (κ2) is 6.37. The van der Waals surface area contributed by atoms with E-state index in [1.165, 1.54) is 18.2 Å². The zero-order valence-corrected chi connectivity index (χ0v) is 14.0. The molecule has 0 bridgehead atoms. The van der Waals surface area contributed by atoms with Crippen molar-refractivity contribution in [2.24, 2.45) is 0 Å². The van der Waals surface area contributed by atoms with Crippen LogP contribution in [0.2, 0.25) is 5.02 Å². The molecule has 9 heteroatoms. The molecular formula is C14H17ClN2O5S. The zero-order valence-electron chi connectivity index (χ0n) is 12.5. The summed E-state index contributed by atoms with van der Waals surface area (Å²) in [7, 11) is -3.13. The second-order valence-corrected chi connectivity index (χ2v) is 8.35. The number of hydrogen-bond donors (Lipinski definition) is 2. The number of nitrogens with two attached hydrogens (primary N) is 1. The fraction of sp³-hybridized carbons (Fsp3) is 0.429. The molecule has 1 saturated heterocycles. The molecule has 1 atom stereocenters. The van der Waals surface area contributed by atoms with Gasteiger partial charge in [0.15, 0.2) is 16.4 Å². The number of sulfone groups is 1. The lowest BCUT2D eigenvalue weighted by Gasteiger charge is -2.23. The van der Waals surface area contributed by atoms with Gasteiger partial charge in [-0.2, -0.15) is 0 Å². The minimum absolute atomic E-state index is 0.0353. The van der Waals surface area contributed by atoms with Gasteiger partial charge in [0, 0.05) is 0 Å². The van der Waals surface area contributed by atoms with Crippen LogP contribution in [-0.2, 0) is 19.4 Å². The smallest absolute Gasteiger partial charge is 0.338 e. The van der Waals surface area contributed by atoms with Gasteiger partial charge in [0.2, 0.25) is 0 Å². The SMILES string of the molecule is C[C@]1(NC(=O)COC(=O)c2ccc(Cl)c(N)c2)CCS(=O)(=O)C1. The molecule has 0 aliphatic carbocycles. The maximum absolute atomic E-state index is 11.8. The van der Waals surface area contributed by atoms with Gasteiger partial charge in [-0.15, -0.1) is 0 Å². The maximum atomic E-state index is 11.8. The Labute approximate surface area is 139 Å². The Morgan fingerprint density at radius 1 is 1.43 bits per heavy atom. The van der Waals surface area contributed by atoms with Gasteiger partial charge in [-0.1, -0.05) is 11.6 Å². The van der Waals surface area contributed by atoms with Crippen LogP contribution in [0.25, 0.3) is 0 Å². The number of halogens is 1. The van der Waals surface area contributed by atoms with Crippen LogP contribution in [0, 0.1) is 0 Å². The number of nitrogens with one attached hydrogen (secondary N) is 1. The number of hydrogen-bond acceptors (Lipinski definition) is 6. The number of ether oxygens (including phenoxy) is 1. The minimum atomic E-state index is -3.13. The molecule has 1 aliphatic rings. The normalized spacial score (nSPS) is 22.5. The number of anilines is 1. The van der Waals surface area contributed by atoms with Gasteiger partial charge in [0.05, 0.1) is 33.3 Å². The highest BCUT2D eigenvalue weighted by molar-refractivity contribution is 7.91. The Morgan fingerprint density at radius 2 is 2.13 bits per heavy atom. The summed E-state index contributed by atoms with van der Waals surface area (Å²) in [6, 6.07) is 4.25. The summed E-state index contributed by atoms with van der Waals surface area (Å²) in [4.78, 5) is 23.7. The summed E-state index contributed by atoms with van der Waals surface area (Å²) >= 11 is 5.76. The number of carbonyl (C=O) groups is 2. The third kappa shape index (κ3) is 4.59. The van der Waals surface area contributed by atoms with Crippen LogP contribution in [-0.4, -0.2) is 43.9 Å². The Morgan fingerprint density at radius 3 is 2.70 bits per heavy atom. The van der Waals surface area contributed by atoms with Crippen molar-refractivity contribution in [2.45, 2.75) is 18.9 Å². The van der Waals surface area contributed by atoms with E-state index in [1.54, 1.807) is 6.92 Å². The van der Waals surface area contributed by atoms with Gasteiger partial charge < -0.3 is 15.8 Å². The van der Waals surface area contributed by atoms with Crippen molar-refractivity contribution in [1.82, 2.24) is 5.32 Å². The van der Waals surface area contributed by atoms with Crippen molar-refractivity contribution >= 4 is 39.0 Å². The number of amides is 1. The standard InChI is InChI=1S/C14H17ClN2O5S/c1-14(4-5-23(20,21)8-14)17-12(18)7-22-13(19)9-2-3-10(15)11(16)6-9/h2-3,6H,4-5,7-8,16H2,1H3,(H,17,18)/t14-/m0/s1. The molecular weight excluding hydrogens is 344 g/mol. The number of nitrogen functional groups attached to an aromatic ring is 1. The molecule has 0 saturated carbocycles.